The predicted octanol–water partition coefficient (Wildman–Crippen LogP) is -0.282. The van der Waals surface area contributed by atoms with E-state index < -0.39 is 18.1 Å². The highest BCUT2D eigenvalue weighted by atomic mass is 16.4. The van der Waals surface area contributed by atoms with Gasteiger partial charge in [0, 0.05) is 6.04 Å². The summed E-state index contributed by atoms with van der Waals surface area (Å²) in [6.45, 7) is 0. The lowest BCUT2D eigenvalue weighted by atomic mass is 10.1. The topological polar surface area (TPSA) is 83.6 Å². The van der Waals surface area contributed by atoms with E-state index in [-0.39, 0.29) is 11.9 Å². The molecule has 0 aromatic rings. The average molecular weight is 210 g/mol. The summed E-state index contributed by atoms with van der Waals surface area (Å²) in [4.78, 5) is 24.2. The summed E-state index contributed by atoms with van der Waals surface area (Å²) >= 11 is 0. The molecule has 0 aromatic heterocycles. The molecule has 5 heteroatoms. The molecule has 3 N–H and O–H groups in total. The Morgan fingerprint density at radius 3 is 2.93 bits per heavy atom. The van der Waals surface area contributed by atoms with Crippen LogP contribution in [0.3, 0.4) is 0 Å². The molecular formula is C10H14N2O3. The molecule has 0 aromatic carbocycles. The van der Waals surface area contributed by atoms with Gasteiger partial charge in [-0.05, 0) is 19.3 Å². The highest BCUT2D eigenvalue weighted by molar-refractivity contribution is 5.89. The molecule has 2 aliphatic heterocycles. The average Bonchev–Trinajstić information content (AvgIpc) is 2.55. The van der Waals surface area contributed by atoms with Crippen molar-refractivity contribution in [3.8, 4) is 0 Å². The highest BCUT2D eigenvalue weighted by Gasteiger charge is 2.42. The molecule has 5 nitrogen and oxygen atoms in total. The lowest BCUT2D eigenvalue weighted by Gasteiger charge is -2.27. The number of carbonyl (C=O) groups is 2. The predicted molar refractivity (Wildman–Crippen MR) is 53.0 cm³/mol. The van der Waals surface area contributed by atoms with Gasteiger partial charge in [0.05, 0.1) is 0 Å². The number of rotatable bonds is 1. The molecule has 0 spiro atoms. The summed E-state index contributed by atoms with van der Waals surface area (Å²) in [5.74, 6) is -1.20. The van der Waals surface area contributed by atoms with Crippen LogP contribution in [0, 0.1) is 0 Å². The molecule has 2 heterocycles. The number of nitrogens with zero attached hydrogens (tertiary/aromatic N) is 1. The van der Waals surface area contributed by atoms with Gasteiger partial charge < -0.3 is 15.7 Å². The SMILES string of the molecule is N[C@H]1C=CC[C@H]2CC[C@@H](C(=O)O)N2C1=O. The first-order valence-electron chi connectivity index (χ1n) is 5.08. The van der Waals surface area contributed by atoms with Crippen molar-refractivity contribution in [1.82, 2.24) is 4.90 Å². The monoisotopic (exact) mass is 210 g/mol. The van der Waals surface area contributed by atoms with Crippen LogP contribution in [0.5, 0.6) is 0 Å². The first kappa shape index (κ1) is 10.2. The van der Waals surface area contributed by atoms with E-state index in [2.05, 4.69) is 0 Å². The van der Waals surface area contributed by atoms with Crippen molar-refractivity contribution in [3.05, 3.63) is 12.2 Å². The van der Waals surface area contributed by atoms with Crippen LogP contribution < -0.4 is 5.73 Å². The van der Waals surface area contributed by atoms with Gasteiger partial charge in [-0.2, -0.15) is 0 Å². The zero-order valence-electron chi connectivity index (χ0n) is 8.30. The van der Waals surface area contributed by atoms with Crippen LogP contribution >= 0.6 is 0 Å². The van der Waals surface area contributed by atoms with Crippen LogP contribution in [0.2, 0.25) is 0 Å². The van der Waals surface area contributed by atoms with Crippen LogP contribution in [0.1, 0.15) is 19.3 Å². The van der Waals surface area contributed by atoms with Crippen LogP contribution in [-0.2, 0) is 9.59 Å². The van der Waals surface area contributed by atoms with Crippen LogP contribution in [0.15, 0.2) is 12.2 Å². The van der Waals surface area contributed by atoms with Gasteiger partial charge in [0.1, 0.15) is 12.1 Å². The third kappa shape index (κ3) is 1.63. The van der Waals surface area contributed by atoms with Gasteiger partial charge in [-0.15, -0.1) is 0 Å². The van der Waals surface area contributed by atoms with Gasteiger partial charge in [0.25, 0.3) is 0 Å². The van der Waals surface area contributed by atoms with Gasteiger partial charge in [0.15, 0.2) is 0 Å². The third-order valence-electron chi connectivity index (χ3n) is 3.08. The van der Waals surface area contributed by atoms with E-state index >= 15 is 0 Å². The van der Waals surface area contributed by atoms with Crippen molar-refractivity contribution in [1.29, 1.82) is 0 Å². The molecule has 0 radical (unpaired) electrons. The normalized spacial score (nSPS) is 35.1. The van der Waals surface area contributed by atoms with Crippen molar-refractivity contribution >= 4 is 11.9 Å². The minimum Gasteiger partial charge on any atom is -0.480 e. The van der Waals surface area contributed by atoms with Gasteiger partial charge in [0.2, 0.25) is 5.91 Å². The van der Waals surface area contributed by atoms with Crippen molar-refractivity contribution in [3.63, 3.8) is 0 Å². The Morgan fingerprint density at radius 2 is 2.27 bits per heavy atom. The Balaban J connectivity index is 2.26. The summed E-state index contributed by atoms with van der Waals surface area (Å²) in [5.41, 5.74) is 5.63. The smallest absolute Gasteiger partial charge is 0.326 e. The second-order valence-corrected chi connectivity index (χ2v) is 4.02. The quantitative estimate of drug-likeness (QED) is 0.583. The molecule has 1 fully saturated rings. The Kier molecular flexibility index (Phi) is 2.48. The van der Waals surface area contributed by atoms with Crippen molar-refractivity contribution in [2.24, 2.45) is 5.73 Å². The van der Waals surface area contributed by atoms with Crippen LogP contribution in [-0.4, -0.2) is 40.0 Å². The second kappa shape index (κ2) is 3.66. The van der Waals surface area contributed by atoms with Crippen molar-refractivity contribution in [2.45, 2.75) is 37.4 Å². The van der Waals surface area contributed by atoms with Crippen LogP contribution in [0.4, 0.5) is 0 Å². The standard InChI is InChI=1S/C10H14N2O3/c11-7-3-1-2-6-4-5-8(10(14)15)12(6)9(7)13/h1,3,6-8H,2,4-5,11H2,(H,14,15)/t6-,7-,8-/m0/s1. The molecule has 0 aliphatic carbocycles. The first-order valence-corrected chi connectivity index (χ1v) is 5.08. The fraction of sp³-hybridized carbons (Fsp3) is 0.600. The minimum atomic E-state index is -0.931. The second-order valence-electron chi connectivity index (χ2n) is 4.02. The maximum Gasteiger partial charge on any atom is 0.326 e. The maximum atomic E-state index is 11.8. The number of amides is 1. The zero-order chi connectivity index (χ0) is 11.0. The summed E-state index contributed by atoms with van der Waals surface area (Å²) < 4.78 is 0. The van der Waals surface area contributed by atoms with Crippen molar-refractivity contribution in [2.75, 3.05) is 0 Å². The highest BCUT2D eigenvalue weighted by Crippen LogP contribution is 2.29. The van der Waals surface area contributed by atoms with E-state index in [4.69, 9.17) is 10.8 Å². The molecule has 3 atom stereocenters. The number of carbonyl (C=O) groups excluding carboxylic acids is 1. The molecule has 15 heavy (non-hydrogen) atoms. The number of hydrogen-bond donors (Lipinski definition) is 2. The molecule has 2 aliphatic rings. The number of hydrogen-bond acceptors (Lipinski definition) is 3. The van der Waals surface area contributed by atoms with E-state index in [1.807, 2.05) is 6.08 Å². The molecular weight excluding hydrogens is 196 g/mol. The number of carboxylic acids is 1. The fourth-order valence-corrected chi connectivity index (χ4v) is 2.33. The molecule has 0 unspecified atom stereocenters. The largest absolute Gasteiger partial charge is 0.480 e. The maximum absolute atomic E-state index is 11.8. The zero-order valence-corrected chi connectivity index (χ0v) is 8.30. The summed E-state index contributed by atoms with van der Waals surface area (Å²) in [6.07, 6.45) is 5.52. The Hall–Kier alpha value is -1.36. The Labute approximate surface area is 87.5 Å². The lowest BCUT2D eigenvalue weighted by molar-refractivity contribution is -0.149. The number of fused-ring (bicyclic) bond motifs is 1. The summed E-state index contributed by atoms with van der Waals surface area (Å²) in [5, 5.41) is 8.99. The summed E-state index contributed by atoms with van der Waals surface area (Å²) in [6, 6.07) is -1.35. The van der Waals surface area contributed by atoms with Crippen molar-refractivity contribution < 1.29 is 14.7 Å². The Bertz CT molecular complexity index is 327. The first-order chi connectivity index (χ1) is 7.11. The molecule has 1 saturated heterocycles. The van der Waals surface area contributed by atoms with Gasteiger partial charge in [-0.3, -0.25) is 4.79 Å². The third-order valence-corrected chi connectivity index (χ3v) is 3.08. The molecule has 82 valence electrons. The van der Waals surface area contributed by atoms with Gasteiger partial charge in [-0.1, -0.05) is 12.2 Å². The van der Waals surface area contributed by atoms with Crippen LogP contribution in [0.25, 0.3) is 0 Å². The molecule has 0 bridgehead atoms. The summed E-state index contributed by atoms with van der Waals surface area (Å²) in [7, 11) is 0. The molecule has 1 amide bonds. The lowest BCUT2D eigenvalue weighted by Crippen LogP contribution is -2.50. The van der Waals surface area contributed by atoms with Gasteiger partial charge in [-0.25, -0.2) is 4.79 Å². The molecule has 0 saturated carbocycles. The van der Waals surface area contributed by atoms with E-state index in [1.54, 1.807) is 6.08 Å². The van der Waals surface area contributed by atoms with Gasteiger partial charge >= 0.3 is 5.97 Å². The van der Waals surface area contributed by atoms with E-state index in [0.717, 1.165) is 6.42 Å². The number of nitrogens with two attached hydrogens (primary N) is 1. The van der Waals surface area contributed by atoms with E-state index in [1.165, 1.54) is 4.90 Å². The number of carboxylic acid groups (broad SMARTS) is 1. The van der Waals surface area contributed by atoms with E-state index in [0.29, 0.717) is 12.8 Å². The number of aliphatic carboxylic acids is 1. The molecule has 2 rings (SSSR count). The minimum absolute atomic E-state index is 0.0170. The van der Waals surface area contributed by atoms with E-state index in [9.17, 15) is 9.59 Å². The fourth-order valence-electron chi connectivity index (χ4n) is 2.33. The Morgan fingerprint density at radius 1 is 1.53 bits per heavy atom.